The normalized spacial score (nSPS) is 14.5. The van der Waals surface area contributed by atoms with Crippen LogP contribution in [0.3, 0.4) is 0 Å². The molecule has 1 aliphatic rings. The maximum atomic E-state index is 12.4. The SMILES string of the molecule is COc1ccc(-n2cc3c(=O)[nH]c(N4CCCC4)nc3n2)c(Br)c1. The number of aromatic amines is 1. The molecule has 1 aliphatic heterocycles. The van der Waals surface area contributed by atoms with Crippen molar-refractivity contribution in [1.82, 2.24) is 19.7 Å². The van der Waals surface area contributed by atoms with Gasteiger partial charge >= 0.3 is 0 Å². The fourth-order valence-corrected chi connectivity index (χ4v) is 3.45. The lowest BCUT2D eigenvalue weighted by atomic mass is 10.3. The van der Waals surface area contributed by atoms with Crippen LogP contribution in [0.5, 0.6) is 5.75 Å². The molecule has 7 nitrogen and oxygen atoms in total. The second-order valence-corrected chi connectivity index (χ2v) is 6.57. The third-order valence-electron chi connectivity index (χ3n) is 4.18. The molecule has 2 aromatic heterocycles. The predicted molar refractivity (Wildman–Crippen MR) is 95.2 cm³/mol. The number of H-pyrrole nitrogens is 1. The summed E-state index contributed by atoms with van der Waals surface area (Å²) in [4.78, 5) is 21.9. The number of fused-ring (bicyclic) bond motifs is 1. The molecule has 24 heavy (non-hydrogen) atoms. The molecule has 0 amide bonds. The van der Waals surface area contributed by atoms with Crippen molar-refractivity contribution in [2.24, 2.45) is 0 Å². The number of halogens is 1. The molecule has 0 saturated carbocycles. The zero-order valence-corrected chi connectivity index (χ0v) is 14.7. The summed E-state index contributed by atoms with van der Waals surface area (Å²) < 4.78 is 7.69. The van der Waals surface area contributed by atoms with E-state index in [2.05, 4.69) is 35.9 Å². The van der Waals surface area contributed by atoms with Gasteiger partial charge in [-0.05, 0) is 47.0 Å². The summed E-state index contributed by atoms with van der Waals surface area (Å²) in [6.45, 7) is 1.83. The van der Waals surface area contributed by atoms with E-state index in [4.69, 9.17) is 4.74 Å². The lowest BCUT2D eigenvalue weighted by Gasteiger charge is -2.14. The Morgan fingerprint density at radius 3 is 2.79 bits per heavy atom. The molecule has 0 radical (unpaired) electrons. The molecule has 0 aliphatic carbocycles. The van der Waals surface area contributed by atoms with Crippen LogP contribution in [0.25, 0.3) is 16.7 Å². The molecule has 1 N–H and O–H groups in total. The first kappa shape index (κ1) is 15.2. The number of aromatic nitrogens is 4. The Balaban J connectivity index is 1.80. The molecular formula is C16H16BrN5O2. The maximum Gasteiger partial charge on any atom is 0.263 e. The molecule has 1 saturated heterocycles. The molecule has 0 atom stereocenters. The molecular weight excluding hydrogens is 374 g/mol. The Kier molecular flexibility index (Phi) is 3.76. The molecule has 0 bridgehead atoms. The van der Waals surface area contributed by atoms with Gasteiger partial charge in [0.25, 0.3) is 5.56 Å². The van der Waals surface area contributed by atoms with E-state index in [0.29, 0.717) is 17.0 Å². The van der Waals surface area contributed by atoms with E-state index in [1.54, 1.807) is 18.0 Å². The van der Waals surface area contributed by atoms with Gasteiger partial charge in [0.1, 0.15) is 11.1 Å². The van der Waals surface area contributed by atoms with Crippen molar-refractivity contribution in [3.63, 3.8) is 0 Å². The smallest absolute Gasteiger partial charge is 0.263 e. The summed E-state index contributed by atoms with van der Waals surface area (Å²) in [5, 5.41) is 4.95. The highest BCUT2D eigenvalue weighted by Gasteiger charge is 2.17. The van der Waals surface area contributed by atoms with E-state index in [9.17, 15) is 4.79 Å². The Hall–Kier alpha value is -2.35. The van der Waals surface area contributed by atoms with E-state index in [1.807, 2.05) is 18.2 Å². The Bertz CT molecular complexity index is 959. The third-order valence-corrected chi connectivity index (χ3v) is 4.82. The van der Waals surface area contributed by atoms with Crippen molar-refractivity contribution in [1.29, 1.82) is 0 Å². The van der Waals surface area contributed by atoms with Crippen molar-refractivity contribution in [2.75, 3.05) is 25.1 Å². The molecule has 1 fully saturated rings. The van der Waals surface area contributed by atoms with Gasteiger partial charge in [0, 0.05) is 23.8 Å². The van der Waals surface area contributed by atoms with Gasteiger partial charge in [-0.3, -0.25) is 9.78 Å². The monoisotopic (exact) mass is 389 g/mol. The second-order valence-electron chi connectivity index (χ2n) is 5.71. The van der Waals surface area contributed by atoms with Crippen LogP contribution in [0.2, 0.25) is 0 Å². The number of ether oxygens (including phenoxy) is 1. The van der Waals surface area contributed by atoms with Crippen molar-refractivity contribution in [3.05, 3.63) is 39.2 Å². The van der Waals surface area contributed by atoms with Gasteiger partial charge < -0.3 is 9.64 Å². The van der Waals surface area contributed by atoms with Crippen LogP contribution in [-0.4, -0.2) is 39.9 Å². The Labute approximate surface area is 146 Å². The average Bonchev–Trinajstić information content (AvgIpc) is 3.24. The zero-order chi connectivity index (χ0) is 16.7. The summed E-state index contributed by atoms with van der Waals surface area (Å²) in [5.41, 5.74) is 1.09. The number of nitrogens with one attached hydrogen (secondary N) is 1. The van der Waals surface area contributed by atoms with Gasteiger partial charge in [0.2, 0.25) is 5.95 Å². The fourth-order valence-electron chi connectivity index (χ4n) is 2.91. The Morgan fingerprint density at radius 2 is 2.08 bits per heavy atom. The van der Waals surface area contributed by atoms with Crippen LogP contribution >= 0.6 is 15.9 Å². The highest BCUT2D eigenvalue weighted by molar-refractivity contribution is 9.10. The minimum Gasteiger partial charge on any atom is -0.497 e. The van der Waals surface area contributed by atoms with Crippen molar-refractivity contribution in [2.45, 2.75) is 12.8 Å². The molecule has 3 aromatic rings. The third kappa shape index (κ3) is 2.56. The fraction of sp³-hybridized carbons (Fsp3) is 0.312. The summed E-state index contributed by atoms with van der Waals surface area (Å²) in [7, 11) is 1.62. The van der Waals surface area contributed by atoms with Crippen LogP contribution in [0, 0.1) is 0 Å². The first-order valence-electron chi connectivity index (χ1n) is 7.74. The van der Waals surface area contributed by atoms with Crippen LogP contribution in [-0.2, 0) is 0 Å². The molecule has 0 spiro atoms. The first-order valence-corrected chi connectivity index (χ1v) is 8.53. The first-order chi connectivity index (χ1) is 11.7. The van der Waals surface area contributed by atoms with E-state index in [1.165, 1.54) is 0 Å². The summed E-state index contributed by atoms with van der Waals surface area (Å²) >= 11 is 3.51. The Morgan fingerprint density at radius 1 is 1.29 bits per heavy atom. The summed E-state index contributed by atoms with van der Waals surface area (Å²) in [6.07, 6.45) is 3.94. The van der Waals surface area contributed by atoms with Gasteiger partial charge in [-0.2, -0.15) is 4.98 Å². The largest absolute Gasteiger partial charge is 0.497 e. The van der Waals surface area contributed by atoms with E-state index in [-0.39, 0.29) is 5.56 Å². The average molecular weight is 390 g/mol. The zero-order valence-electron chi connectivity index (χ0n) is 13.1. The van der Waals surface area contributed by atoms with E-state index < -0.39 is 0 Å². The number of nitrogens with zero attached hydrogens (tertiary/aromatic N) is 4. The van der Waals surface area contributed by atoms with Crippen molar-refractivity contribution < 1.29 is 4.74 Å². The highest BCUT2D eigenvalue weighted by atomic mass is 79.9. The van der Waals surface area contributed by atoms with Crippen LogP contribution in [0.15, 0.2) is 33.7 Å². The molecule has 8 heteroatoms. The van der Waals surface area contributed by atoms with Gasteiger partial charge in [-0.15, -0.1) is 5.10 Å². The number of anilines is 1. The molecule has 1 aromatic carbocycles. The predicted octanol–water partition coefficient (Wildman–Crippen LogP) is 2.48. The number of hydrogen-bond donors (Lipinski definition) is 1. The molecule has 3 heterocycles. The van der Waals surface area contributed by atoms with E-state index in [0.717, 1.165) is 41.8 Å². The lowest BCUT2D eigenvalue weighted by molar-refractivity contribution is 0.414. The second kappa shape index (κ2) is 5.94. The number of rotatable bonds is 3. The van der Waals surface area contributed by atoms with Gasteiger partial charge in [0.05, 0.1) is 12.8 Å². The molecule has 4 rings (SSSR count). The van der Waals surface area contributed by atoms with Crippen molar-refractivity contribution in [3.8, 4) is 11.4 Å². The van der Waals surface area contributed by atoms with Gasteiger partial charge in [0.15, 0.2) is 5.65 Å². The number of benzene rings is 1. The van der Waals surface area contributed by atoms with Crippen LogP contribution < -0.4 is 15.2 Å². The highest BCUT2D eigenvalue weighted by Crippen LogP contribution is 2.26. The van der Waals surface area contributed by atoms with E-state index >= 15 is 0 Å². The number of methoxy groups -OCH3 is 1. The summed E-state index contributed by atoms with van der Waals surface area (Å²) in [6, 6.07) is 5.58. The van der Waals surface area contributed by atoms with Crippen LogP contribution in [0.4, 0.5) is 5.95 Å². The quantitative estimate of drug-likeness (QED) is 0.744. The molecule has 124 valence electrons. The molecule has 0 unspecified atom stereocenters. The number of hydrogen-bond acceptors (Lipinski definition) is 5. The van der Waals surface area contributed by atoms with Crippen molar-refractivity contribution >= 4 is 32.9 Å². The minimum atomic E-state index is -0.169. The van der Waals surface area contributed by atoms with Gasteiger partial charge in [-0.25, -0.2) is 4.68 Å². The lowest BCUT2D eigenvalue weighted by Crippen LogP contribution is -2.23. The standard InChI is InChI=1S/C16H16BrN5O2/c1-24-10-4-5-13(12(17)8-10)22-9-11-14(20-22)18-16(19-15(11)23)21-6-2-3-7-21/h4-5,8-9H,2-3,6-7H2,1H3,(H,18,19,20,23). The van der Waals surface area contributed by atoms with Gasteiger partial charge in [-0.1, -0.05) is 0 Å². The van der Waals surface area contributed by atoms with Crippen LogP contribution in [0.1, 0.15) is 12.8 Å². The minimum absolute atomic E-state index is 0.169. The maximum absolute atomic E-state index is 12.4. The topological polar surface area (TPSA) is 76.0 Å². The summed E-state index contributed by atoms with van der Waals surface area (Å²) in [5.74, 6) is 1.35.